The van der Waals surface area contributed by atoms with Gasteiger partial charge < -0.3 is 35.0 Å². The molecule has 0 aliphatic carbocycles. The zero-order valence-corrected chi connectivity index (χ0v) is 25.9. The quantitative estimate of drug-likeness (QED) is 0.287. The summed E-state index contributed by atoms with van der Waals surface area (Å²) >= 11 is 3.50. The predicted octanol–water partition coefficient (Wildman–Crippen LogP) is 2.76. The predicted molar refractivity (Wildman–Crippen MR) is 162 cm³/mol. The van der Waals surface area contributed by atoms with E-state index in [1.165, 1.54) is 5.56 Å². The first-order valence-electron chi connectivity index (χ1n) is 13.4. The highest BCUT2D eigenvalue weighted by molar-refractivity contribution is 9.10. The monoisotopic (exact) mass is 667 g/mol. The number of anilines is 1. The van der Waals surface area contributed by atoms with Gasteiger partial charge in [0.25, 0.3) is 0 Å². The Bertz CT molecular complexity index is 1150. The SMILES string of the molecule is CCC(=O)N(c1ccc(OC)cc1)C(C)CN1CCN(CCc2ccc(Br)cc2)CC1.O=C(O)C(=O)O.O=C(O)C(=O)O. The topological polar surface area (TPSA) is 185 Å². The van der Waals surface area contributed by atoms with Gasteiger partial charge in [-0.05, 0) is 55.3 Å². The fourth-order valence-electron chi connectivity index (χ4n) is 4.15. The van der Waals surface area contributed by atoms with Crippen LogP contribution in [0.2, 0.25) is 0 Å². The molecule has 3 rings (SSSR count). The first-order valence-corrected chi connectivity index (χ1v) is 14.2. The van der Waals surface area contributed by atoms with Crippen LogP contribution in [0.3, 0.4) is 0 Å². The molecule has 0 bridgehead atoms. The number of piperazine rings is 1. The smallest absolute Gasteiger partial charge is 0.414 e. The number of methoxy groups -OCH3 is 1. The number of halogens is 1. The van der Waals surface area contributed by atoms with Crippen LogP contribution in [0.1, 0.15) is 25.8 Å². The van der Waals surface area contributed by atoms with Crippen molar-refractivity contribution in [1.82, 2.24) is 9.80 Å². The van der Waals surface area contributed by atoms with Crippen LogP contribution in [-0.4, -0.2) is 112 Å². The first-order chi connectivity index (χ1) is 20.3. The van der Waals surface area contributed by atoms with Crippen LogP contribution in [0.5, 0.6) is 5.75 Å². The molecule has 1 unspecified atom stereocenters. The van der Waals surface area contributed by atoms with Gasteiger partial charge in [0.05, 0.1) is 7.11 Å². The molecule has 1 amide bonds. The third-order valence-corrected chi connectivity index (χ3v) is 6.87. The van der Waals surface area contributed by atoms with Gasteiger partial charge in [0.15, 0.2) is 0 Å². The molecule has 0 radical (unpaired) electrons. The lowest BCUT2D eigenvalue weighted by Crippen LogP contribution is -2.52. The summed E-state index contributed by atoms with van der Waals surface area (Å²) in [6.07, 6.45) is 1.58. The Morgan fingerprint density at radius 1 is 0.814 bits per heavy atom. The number of carbonyl (C=O) groups is 5. The van der Waals surface area contributed by atoms with E-state index in [-0.39, 0.29) is 11.9 Å². The molecule has 1 atom stereocenters. The van der Waals surface area contributed by atoms with Crippen molar-refractivity contribution >= 4 is 51.4 Å². The molecular formula is C29H38BrN3O10. The van der Waals surface area contributed by atoms with E-state index in [0.29, 0.717) is 6.42 Å². The standard InChI is InChI=1S/C25H34BrN3O2.2C2H2O4/c1-4-25(30)29(23-9-11-24(31-3)12-10-23)20(2)19-28-17-15-27(16-18-28)14-13-21-5-7-22(26)8-6-21;2*3-1(4)2(5)6/h5-12,20H,4,13-19H2,1-3H3;2*(H,3,4)(H,5,6). The Morgan fingerprint density at radius 2 is 1.28 bits per heavy atom. The second-order valence-corrected chi connectivity index (χ2v) is 10.3. The Balaban J connectivity index is 0.000000649. The molecule has 0 aromatic heterocycles. The van der Waals surface area contributed by atoms with Crippen molar-refractivity contribution in [3.8, 4) is 5.75 Å². The van der Waals surface area contributed by atoms with Crippen molar-refractivity contribution in [2.24, 2.45) is 0 Å². The van der Waals surface area contributed by atoms with Gasteiger partial charge in [-0.2, -0.15) is 0 Å². The average Bonchev–Trinajstić information content (AvgIpc) is 2.98. The molecule has 1 fully saturated rings. The van der Waals surface area contributed by atoms with E-state index in [1.54, 1.807) is 7.11 Å². The van der Waals surface area contributed by atoms with Gasteiger partial charge >= 0.3 is 23.9 Å². The molecule has 13 nitrogen and oxygen atoms in total. The van der Waals surface area contributed by atoms with E-state index < -0.39 is 23.9 Å². The van der Waals surface area contributed by atoms with Crippen molar-refractivity contribution < 1.29 is 49.1 Å². The number of rotatable bonds is 9. The lowest BCUT2D eigenvalue weighted by Gasteiger charge is -2.38. The molecule has 2 aromatic rings. The number of hydrogen-bond donors (Lipinski definition) is 4. The fraction of sp³-hybridized carbons (Fsp3) is 0.414. The maximum atomic E-state index is 12.7. The number of aliphatic carboxylic acids is 4. The van der Waals surface area contributed by atoms with Crippen LogP contribution < -0.4 is 9.64 Å². The Morgan fingerprint density at radius 3 is 1.70 bits per heavy atom. The van der Waals surface area contributed by atoms with Crippen LogP contribution in [0.15, 0.2) is 53.0 Å². The molecule has 236 valence electrons. The van der Waals surface area contributed by atoms with E-state index in [2.05, 4.69) is 56.9 Å². The summed E-state index contributed by atoms with van der Waals surface area (Å²) in [5, 5.41) is 29.6. The number of carbonyl (C=O) groups excluding carboxylic acids is 1. The Hall–Kier alpha value is -4.01. The van der Waals surface area contributed by atoms with E-state index in [4.69, 9.17) is 44.3 Å². The van der Waals surface area contributed by atoms with Gasteiger partial charge in [0.1, 0.15) is 5.75 Å². The number of ether oxygens (including phenoxy) is 1. The molecule has 1 aliphatic rings. The normalized spacial score (nSPS) is 13.7. The molecule has 0 saturated carbocycles. The van der Waals surface area contributed by atoms with Crippen molar-refractivity contribution in [1.29, 1.82) is 0 Å². The fourth-order valence-corrected chi connectivity index (χ4v) is 4.41. The Labute approximate surface area is 258 Å². The number of carboxylic acid groups (broad SMARTS) is 4. The highest BCUT2D eigenvalue weighted by Crippen LogP contribution is 2.23. The third-order valence-electron chi connectivity index (χ3n) is 6.35. The largest absolute Gasteiger partial charge is 0.497 e. The number of nitrogens with zero attached hydrogens (tertiary/aromatic N) is 3. The summed E-state index contributed by atoms with van der Waals surface area (Å²) < 4.78 is 6.39. The highest BCUT2D eigenvalue weighted by Gasteiger charge is 2.25. The maximum Gasteiger partial charge on any atom is 0.414 e. The van der Waals surface area contributed by atoms with Crippen LogP contribution >= 0.6 is 15.9 Å². The molecule has 4 N–H and O–H groups in total. The molecule has 2 aromatic carbocycles. The summed E-state index contributed by atoms with van der Waals surface area (Å²) in [5.74, 6) is -6.33. The summed E-state index contributed by atoms with van der Waals surface area (Å²) in [7, 11) is 1.66. The van der Waals surface area contributed by atoms with Gasteiger partial charge in [-0.25, -0.2) is 19.2 Å². The summed E-state index contributed by atoms with van der Waals surface area (Å²) in [4.78, 5) is 56.1. The number of amides is 1. The van der Waals surface area contributed by atoms with Gasteiger partial charge in [-0.15, -0.1) is 0 Å². The lowest BCUT2D eigenvalue weighted by atomic mass is 10.1. The highest BCUT2D eigenvalue weighted by atomic mass is 79.9. The minimum atomic E-state index is -1.82. The zero-order chi connectivity index (χ0) is 32.5. The molecule has 1 heterocycles. The minimum absolute atomic E-state index is 0.121. The van der Waals surface area contributed by atoms with E-state index in [0.717, 1.165) is 61.6 Å². The van der Waals surface area contributed by atoms with Crippen molar-refractivity contribution in [2.45, 2.75) is 32.7 Å². The van der Waals surface area contributed by atoms with Gasteiger partial charge in [-0.1, -0.05) is 35.0 Å². The van der Waals surface area contributed by atoms with Crippen molar-refractivity contribution in [3.05, 3.63) is 58.6 Å². The summed E-state index contributed by atoms with van der Waals surface area (Å²) in [5.41, 5.74) is 2.32. The Kier molecular flexibility index (Phi) is 16.6. The van der Waals surface area contributed by atoms with Gasteiger partial charge in [0.2, 0.25) is 5.91 Å². The summed E-state index contributed by atoms with van der Waals surface area (Å²) in [6.45, 7) is 10.3. The van der Waals surface area contributed by atoms with Gasteiger partial charge in [0, 0.05) is 61.9 Å². The number of benzene rings is 2. The molecule has 1 aliphatic heterocycles. The molecule has 1 saturated heterocycles. The lowest BCUT2D eigenvalue weighted by molar-refractivity contribution is -0.159. The minimum Gasteiger partial charge on any atom is -0.497 e. The second kappa shape index (κ2) is 19.2. The maximum absolute atomic E-state index is 12.7. The van der Waals surface area contributed by atoms with Crippen LogP contribution in [0.25, 0.3) is 0 Å². The van der Waals surface area contributed by atoms with E-state index in [9.17, 15) is 4.79 Å². The zero-order valence-electron chi connectivity index (χ0n) is 24.3. The van der Waals surface area contributed by atoms with E-state index >= 15 is 0 Å². The van der Waals surface area contributed by atoms with Crippen LogP contribution in [0.4, 0.5) is 5.69 Å². The van der Waals surface area contributed by atoms with Gasteiger partial charge in [-0.3, -0.25) is 9.69 Å². The van der Waals surface area contributed by atoms with E-state index in [1.807, 2.05) is 36.1 Å². The third kappa shape index (κ3) is 14.1. The second-order valence-electron chi connectivity index (χ2n) is 9.40. The van der Waals surface area contributed by atoms with Crippen molar-refractivity contribution in [2.75, 3.05) is 51.3 Å². The molecule has 14 heteroatoms. The molecule has 0 spiro atoms. The first kappa shape index (κ1) is 37.0. The summed E-state index contributed by atoms with van der Waals surface area (Å²) in [6, 6.07) is 16.5. The van der Waals surface area contributed by atoms with Crippen LogP contribution in [0, 0.1) is 0 Å². The van der Waals surface area contributed by atoms with Crippen molar-refractivity contribution in [3.63, 3.8) is 0 Å². The number of hydrogen-bond acceptors (Lipinski definition) is 8. The number of carboxylic acids is 4. The molecule has 43 heavy (non-hydrogen) atoms. The van der Waals surface area contributed by atoms with Crippen LogP contribution in [-0.2, 0) is 30.4 Å². The average molecular weight is 669 g/mol. The molecular weight excluding hydrogens is 630 g/mol.